The number of carbonyl (C=O) groups excluding carboxylic acids is 2. The van der Waals surface area contributed by atoms with E-state index < -0.39 is 34.1 Å². The van der Waals surface area contributed by atoms with Crippen LogP contribution in [0.2, 0.25) is 0 Å². The van der Waals surface area contributed by atoms with E-state index in [9.17, 15) is 18.0 Å². The number of hydrogen-bond donors (Lipinski definition) is 1. The Hall–Kier alpha value is -2.87. The second-order valence-electron chi connectivity index (χ2n) is 9.67. The van der Waals surface area contributed by atoms with Crippen molar-refractivity contribution in [2.24, 2.45) is 0 Å². The molecule has 0 aliphatic heterocycles. The van der Waals surface area contributed by atoms with Crippen LogP contribution in [-0.2, 0) is 32.6 Å². The smallest absolute Gasteiger partial charge is 0.244 e. The Kier molecular flexibility index (Phi) is 8.89. The Bertz CT molecular complexity index is 1110. The van der Waals surface area contributed by atoms with Gasteiger partial charge in [0.25, 0.3) is 0 Å². The molecule has 2 amide bonds. The van der Waals surface area contributed by atoms with Crippen molar-refractivity contribution in [1.82, 2.24) is 10.2 Å². The summed E-state index contributed by atoms with van der Waals surface area (Å²) in [5, 5.41) is 2.92. The first-order valence-electron chi connectivity index (χ1n) is 11.5. The van der Waals surface area contributed by atoms with Gasteiger partial charge in [-0.05, 0) is 58.2 Å². The first-order valence-corrected chi connectivity index (χ1v) is 13.3. The van der Waals surface area contributed by atoms with Crippen LogP contribution < -0.4 is 9.62 Å². The van der Waals surface area contributed by atoms with Crippen LogP contribution in [0, 0.1) is 6.92 Å². The van der Waals surface area contributed by atoms with Crippen LogP contribution in [-0.4, -0.2) is 49.5 Å². The SMILES string of the molecule is CCc1ccccc1N(CC(=O)N(Cc1ccc(C)cc1)[C@@H](C)C(=O)NC(C)(C)C)S(C)(=O)=O. The third kappa shape index (κ3) is 7.58. The van der Waals surface area contributed by atoms with Gasteiger partial charge in [-0.2, -0.15) is 0 Å². The second-order valence-corrected chi connectivity index (χ2v) is 11.6. The second kappa shape index (κ2) is 11.0. The molecule has 0 aliphatic rings. The van der Waals surface area contributed by atoms with E-state index >= 15 is 0 Å². The Balaban J connectivity index is 2.43. The quantitative estimate of drug-likeness (QED) is 0.585. The molecule has 2 aromatic rings. The van der Waals surface area contributed by atoms with Gasteiger partial charge in [-0.3, -0.25) is 13.9 Å². The van der Waals surface area contributed by atoms with Crippen molar-refractivity contribution >= 4 is 27.5 Å². The van der Waals surface area contributed by atoms with E-state index in [4.69, 9.17) is 0 Å². The van der Waals surface area contributed by atoms with Crippen LogP contribution in [0.3, 0.4) is 0 Å². The van der Waals surface area contributed by atoms with E-state index in [-0.39, 0.29) is 12.5 Å². The van der Waals surface area contributed by atoms with Crippen molar-refractivity contribution in [2.75, 3.05) is 17.1 Å². The zero-order valence-corrected chi connectivity index (χ0v) is 22.1. The Morgan fingerprint density at radius 2 is 1.62 bits per heavy atom. The number of anilines is 1. The molecule has 0 saturated heterocycles. The van der Waals surface area contributed by atoms with Crippen molar-refractivity contribution < 1.29 is 18.0 Å². The van der Waals surface area contributed by atoms with E-state index in [0.29, 0.717) is 12.1 Å². The predicted molar refractivity (Wildman–Crippen MR) is 137 cm³/mol. The van der Waals surface area contributed by atoms with Crippen molar-refractivity contribution in [3.63, 3.8) is 0 Å². The lowest BCUT2D eigenvalue weighted by Gasteiger charge is -2.33. The number of amides is 2. The van der Waals surface area contributed by atoms with E-state index in [2.05, 4.69) is 5.32 Å². The van der Waals surface area contributed by atoms with Gasteiger partial charge < -0.3 is 10.2 Å². The lowest BCUT2D eigenvalue weighted by molar-refractivity contribution is -0.140. The maximum absolute atomic E-state index is 13.6. The molecular weight excluding hydrogens is 450 g/mol. The fourth-order valence-electron chi connectivity index (χ4n) is 3.59. The van der Waals surface area contributed by atoms with Gasteiger partial charge in [0.1, 0.15) is 12.6 Å². The first-order chi connectivity index (χ1) is 15.7. The minimum Gasteiger partial charge on any atom is -0.350 e. The molecule has 0 saturated carbocycles. The van der Waals surface area contributed by atoms with E-state index in [1.807, 2.05) is 71.0 Å². The zero-order chi connectivity index (χ0) is 25.7. The summed E-state index contributed by atoms with van der Waals surface area (Å²) >= 11 is 0. The number of nitrogens with zero attached hydrogens (tertiary/aromatic N) is 2. The Morgan fingerprint density at radius 3 is 2.15 bits per heavy atom. The largest absolute Gasteiger partial charge is 0.350 e. The first kappa shape index (κ1) is 27.4. The number of benzene rings is 2. The van der Waals surface area contributed by atoms with Crippen LogP contribution in [0.5, 0.6) is 0 Å². The van der Waals surface area contributed by atoms with Crippen molar-refractivity contribution in [2.45, 2.75) is 66.1 Å². The van der Waals surface area contributed by atoms with E-state index in [1.165, 1.54) is 4.90 Å². The molecule has 1 atom stereocenters. The molecule has 0 aromatic heterocycles. The molecule has 1 N–H and O–H groups in total. The molecule has 0 spiro atoms. The molecule has 0 bridgehead atoms. The number of para-hydroxylation sites is 1. The van der Waals surface area contributed by atoms with Crippen LogP contribution in [0.25, 0.3) is 0 Å². The monoisotopic (exact) mass is 487 g/mol. The molecule has 2 rings (SSSR count). The minimum atomic E-state index is -3.75. The summed E-state index contributed by atoms with van der Waals surface area (Å²) in [5.74, 6) is -0.749. The Morgan fingerprint density at radius 1 is 1.03 bits per heavy atom. The van der Waals surface area contributed by atoms with Gasteiger partial charge in [-0.1, -0.05) is 55.0 Å². The standard InChI is InChI=1S/C26H37N3O4S/c1-8-22-11-9-10-12-23(22)29(34(7,32)33)18-24(30)28(17-21-15-13-19(2)14-16-21)20(3)25(31)27-26(4,5)6/h9-16,20H,8,17-18H2,1-7H3,(H,27,31)/t20-/m0/s1. The summed E-state index contributed by atoms with van der Waals surface area (Å²) in [6.07, 6.45) is 1.71. The summed E-state index contributed by atoms with van der Waals surface area (Å²) < 4.78 is 26.6. The lowest BCUT2D eigenvalue weighted by Crippen LogP contribution is -2.54. The minimum absolute atomic E-state index is 0.185. The van der Waals surface area contributed by atoms with Crippen LogP contribution in [0.1, 0.15) is 51.3 Å². The molecule has 34 heavy (non-hydrogen) atoms. The van der Waals surface area contributed by atoms with Crippen LogP contribution in [0.15, 0.2) is 48.5 Å². The van der Waals surface area contributed by atoms with Crippen LogP contribution in [0.4, 0.5) is 5.69 Å². The maximum Gasteiger partial charge on any atom is 0.244 e. The predicted octanol–water partition coefficient (Wildman–Crippen LogP) is 3.66. The average molecular weight is 488 g/mol. The van der Waals surface area contributed by atoms with E-state index in [1.54, 1.807) is 19.1 Å². The summed E-state index contributed by atoms with van der Waals surface area (Å²) in [6, 6.07) is 14.0. The topological polar surface area (TPSA) is 86.8 Å². The number of hydrogen-bond acceptors (Lipinski definition) is 4. The summed E-state index contributed by atoms with van der Waals surface area (Å²) in [5.41, 5.74) is 2.77. The van der Waals surface area contributed by atoms with Gasteiger partial charge in [0.15, 0.2) is 0 Å². The molecule has 8 heteroatoms. The molecule has 0 unspecified atom stereocenters. The average Bonchev–Trinajstić information content (AvgIpc) is 2.74. The molecule has 2 aromatic carbocycles. The lowest BCUT2D eigenvalue weighted by atomic mass is 10.1. The van der Waals surface area contributed by atoms with Crippen molar-refractivity contribution in [1.29, 1.82) is 0 Å². The number of nitrogens with one attached hydrogen (secondary N) is 1. The summed E-state index contributed by atoms with van der Waals surface area (Å²) in [4.78, 5) is 28.0. The number of aryl methyl sites for hydroxylation is 2. The van der Waals surface area contributed by atoms with Crippen LogP contribution >= 0.6 is 0 Å². The van der Waals surface area contributed by atoms with Gasteiger partial charge >= 0.3 is 0 Å². The highest BCUT2D eigenvalue weighted by Gasteiger charge is 2.31. The highest BCUT2D eigenvalue weighted by atomic mass is 32.2. The maximum atomic E-state index is 13.6. The van der Waals surface area contributed by atoms with Gasteiger partial charge in [0.05, 0.1) is 11.9 Å². The molecule has 186 valence electrons. The summed E-state index contributed by atoms with van der Waals surface area (Å²) in [7, 11) is -3.75. The molecule has 0 heterocycles. The highest BCUT2D eigenvalue weighted by molar-refractivity contribution is 7.92. The van der Waals surface area contributed by atoms with Gasteiger partial charge in [-0.15, -0.1) is 0 Å². The zero-order valence-electron chi connectivity index (χ0n) is 21.3. The number of sulfonamides is 1. The number of rotatable bonds is 9. The van der Waals surface area contributed by atoms with Gasteiger partial charge in [0, 0.05) is 12.1 Å². The van der Waals surface area contributed by atoms with Crippen molar-refractivity contribution in [3.05, 3.63) is 65.2 Å². The normalized spacial score (nSPS) is 12.7. The molecular formula is C26H37N3O4S. The third-order valence-electron chi connectivity index (χ3n) is 5.46. The highest BCUT2D eigenvalue weighted by Crippen LogP contribution is 2.24. The number of carbonyl (C=O) groups is 2. The fourth-order valence-corrected chi connectivity index (χ4v) is 4.48. The van der Waals surface area contributed by atoms with Gasteiger partial charge in [0.2, 0.25) is 21.8 Å². The summed E-state index contributed by atoms with van der Waals surface area (Å²) in [6.45, 7) is 11.0. The molecule has 0 aliphatic carbocycles. The Labute approximate surface area is 204 Å². The van der Waals surface area contributed by atoms with Gasteiger partial charge in [-0.25, -0.2) is 8.42 Å². The molecule has 0 radical (unpaired) electrons. The van der Waals surface area contributed by atoms with Crippen molar-refractivity contribution in [3.8, 4) is 0 Å². The fraction of sp³-hybridized carbons (Fsp3) is 0.462. The molecule has 0 fully saturated rings. The van der Waals surface area contributed by atoms with E-state index in [0.717, 1.165) is 27.3 Å². The molecule has 7 nitrogen and oxygen atoms in total. The third-order valence-corrected chi connectivity index (χ3v) is 6.59.